The van der Waals surface area contributed by atoms with Crippen molar-refractivity contribution in [3.63, 3.8) is 0 Å². The molecule has 0 aliphatic rings. The standard InChI is InChI=1S/C25H32ClFN2O2S/c1-4-6-14-28-25(31)23(5-2)29(15-19-11-8-7-10-18(19)3)24(30)17-32-16-20-21(26)12-9-13-22(20)27/h7-13,23H,4-6,14-17H2,1-3H3,(H,28,31)/t23-/m1/s1. The first-order chi connectivity index (χ1) is 15.4. The number of aryl methyl sites for hydroxylation is 1. The molecule has 7 heteroatoms. The second-order valence-electron chi connectivity index (χ2n) is 7.71. The lowest BCUT2D eigenvalue weighted by molar-refractivity contribution is -0.139. The van der Waals surface area contributed by atoms with Crippen molar-refractivity contribution in [1.82, 2.24) is 10.2 Å². The molecule has 0 saturated carbocycles. The van der Waals surface area contributed by atoms with Gasteiger partial charge in [-0.05, 0) is 43.0 Å². The van der Waals surface area contributed by atoms with Gasteiger partial charge >= 0.3 is 0 Å². The van der Waals surface area contributed by atoms with Gasteiger partial charge in [0, 0.05) is 29.4 Å². The zero-order chi connectivity index (χ0) is 23.5. The number of carbonyl (C=O) groups is 2. The van der Waals surface area contributed by atoms with Gasteiger partial charge in [-0.3, -0.25) is 9.59 Å². The van der Waals surface area contributed by atoms with E-state index >= 15 is 0 Å². The van der Waals surface area contributed by atoms with E-state index in [4.69, 9.17) is 11.6 Å². The summed E-state index contributed by atoms with van der Waals surface area (Å²) in [5, 5.41) is 3.31. The molecular formula is C25H32ClFN2O2S. The van der Waals surface area contributed by atoms with Crippen molar-refractivity contribution in [2.45, 2.75) is 58.4 Å². The molecule has 0 radical (unpaired) electrons. The number of carbonyl (C=O) groups excluding carboxylic acids is 2. The van der Waals surface area contributed by atoms with Crippen LogP contribution in [-0.2, 0) is 21.9 Å². The Morgan fingerprint density at radius 1 is 1.16 bits per heavy atom. The van der Waals surface area contributed by atoms with Gasteiger partial charge in [-0.1, -0.05) is 62.2 Å². The highest BCUT2D eigenvalue weighted by Crippen LogP contribution is 2.25. The summed E-state index contributed by atoms with van der Waals surface area (Å²) in [6, 6.07) is 11.9. The molecule has 0 unspecified atom stereocenters. The second-order valence-corrected chi connectivity index (χ2v) is 9.10. The van der Waals surface area contributed by atoms with E-state index in [2.05, 4.69) is 12.2 Å². The van der Waals surface area contributed by atoms with Crippen molar-refractivity contribution >= 4 is 35.2 Å². The predicted octanol–water partition coefficient (Wildman–Crippen LogP) is 5.74. The predicted molar refractivity (Wildman–Crippen MR) is 131 cm³/mol. The number of hydrogen-bond donors (Lipinski definition) is 1. The van der Waals surface area contributed by atoms with Crippen molar-refractivity contribution < 1.29 is 14.0 Å². The monoisotopic (exact) mass is 478 g/mol. The fourth-order valence-corrected chi connectivity index (χ4v) is 4.64. The first kappa shape index (κ1) is 26.2. The number of hydrogen-bond acceptors (Lipinski definition) is 3. The zero-order valence-corrected chi connectivity index (χ0v) is 20.6. The number of unbranched alkanes of at least 4 members (excludes halogenated alkanes) is 1. The number of rotatable bonds is 12. The Hall–Kier alpha value is -2.05. The summed E-state index contributed by atoms with van der Waals surface area (Å²) in [6.45, 7) is 6.92. The maximum atomic E-state index is 14.1. The summed E-state index contributed by atoms with van der Waals surface area (Å²) in [6.07, 6.45) is 2.39. The Morgan fingerprint density at radius 2 is 1.91 bits per heavy atom. The number of halogens is 2. The largest absolute Gasteiger partial charge is 0.354 e. The Labute approximate surface area is 199 Å². The molecule has 0 aliphatic heterocycles. The molecule has 32 heavy (non-hydrogen) atoms. The van der Waals surface area contributed by atoms with Crippen molar-refractivity contribution in [2.75, 3.05) is 12.3 Å². The lowest BCUT2D eigenvalue weighted by atomic mass is 10.1. The van der Waals surface area contributed by atoms with Crippen LogP contribution in [0.3, 0.4) is 0 Å². The third-order valence-corrected chi connectivity index (χ3v) is 6.65. The summed E-state index contributed by atoms with van der Waals surface area (Å²) in [4.78, 5) is 27.8. The normalized spacial score (nSPS) is 11.8. The van der Waals surface area contributed by atoms with Gasteiger partial charge < -0.3 is 10.2 Å². The fourth-order valence-electron chi connectivity index (χ4n) is 3.39. The number of nitrogens with one attached hydrogen (secondary N) is 1. The molecule has 1 N–H and O–H groups in total. The Bertz CT molecular complexity index is 889. The topological polar surface area (TPSA) is 49.4 Å². The van der Waals surface area contributed by atoms with E-state index in [0.29, 0.717) is 30.1 Å². The Balaban J connectivity index is 2.15. The van der Waals surface area contributed by atoms with E-state index in [1.54, 1.807) is 17.0 Å². The smallest absolute Gasteiger partial charge is 0.242 e. The van der Waals surface area contributed by atoms with E-state index in [1.807, 2.05) is 38.1 Å². The van der Waals surface area contributed by atoms with Crippen LogP contribution in [0.5, 0.6) is 0 Å². The summed E-state index contributed by atoms with van der Waals surface area (Å²) in [5.74, 6) is -0.242. The summed E-state index contributed by atoms with van der Waals surface area (Å²) in [7, 11) is 0. The number of benzene rings is 2. The average molecular weight is 479 g/mol. The van der Waals surface area contributed by atoms with Crippen molar-refractivity contribution in [3.05, 3.63) is 70.0 Å². The quantitative estimate of drug-likeness (QED) is 0.395. The summed E-state index contributed by atoms with van der Waals surface area (Å²) < 4.78 is 14.1. The maximum Gasteiger partial charge on any atom is 0.242 e. The SMILES string of the molecule is CCCCNC(=O)[C@@H](CC)N(Cc1ccccc1C)C(=O)CSCc1c(F)cccc1Cl. The van der Waals surface area contributed by atoms with Crippen LogP contribution >= 0.6 is 23.4 Å². The summed E-state index contributed by atoms with van der Waals surface area (Å²) >= 11 is 7.41. The lowest BCUT2D eigenvalue weighted by Gasteiger charge is -2.31. The molecule has 0 heterocycles. The third-order valence-electron chi connectivity index (χ3n) is 5.35. The molecule has 2 aromatic carbocycles. The van der Waals surface area contributed by atoms with Crippen LogP contribution in [0.25, 0.3) is 0 Å². The molecule has 0 aromatic heterocycles. The number of amides is 2. The number of thioether (sulfide) groups is 1. The van der Waals surface area contributed by atoms with Crippen LogP contribution < -0.4 is 5.32 Å². The van der Waals surface area contributed by atoms with Crippen LogP contribution in [-0.4, -0.2) is 35.1 Å². The second kappa shape index (κ2) is 13.5. The average Bonchev–Trinajstić information content (AvgIpc) is 2.77. The van der Waals surface area contributed by atoms with Crippen LogP contribution in [0.2, 0.25) is 5.02 Å². The van der Waals surface area contributed by atoms with Crippen LogP contribution in [0, 0.1) is 12.7 Å². The highest BCUT2D eigenvalue weighted by Gasteiger charge is 2.28. The molecule has 174 valence electrons. The van der Waals surface area contributed by atoms with Gasteiger partial charge in [-0.25, -0.2) is 4.39 Å². The van der Waals surface area contributed by atoms with E-state index < -0.39 is 6.04 Å². The van der Waals surface area contributed by atoms with Gasteiger partial charge in [-0.2, -0.15) is 0 Å². The van der Waals surface area contributed by atoms with E-state index in [-0.39, 0.29) is 29.1 Å². The molecule has 0 bridgehead atoms. The van der Waals surface area contributed by atoms with Crippen LogP contribution in [0.15, 0.2) is 42.5 Å². The molecule has 4 nitrogen and oxygen atoms in total. The maximum absolute atomic E-state index is 14.1. The first-order valence-electron chi connectivity index (χ1n) is 11.0. The van der Waals surface area contributed by atoms with Gasteiger partial charge in [0.1, 0.15) is 11.9 Å². The highest BCUT2D eigenvalue weighted by molar-refractivity contribution is 7.99. The minimum Gasteiger partial charge on any atom is -0.354 e. The molecule has 0 saturated heterocycles. The third kappa shape index (κ3) is 7.52. The van der Waals surface area contributed by atoms with Crippen LogP contribution in [0.4, 0.5) is 4.39 Å². The molecule has 2 rings (SSSR count). The molecule has 1 atom stereocenters. The minimum atomic E-state index is -0.559. The van der Waals surface area contributed by atoms with Gasteiger partial charge in [-0.15, -0.1) is 11.8 Å². The summed E-state index contributed by atoms with van der Waals surface area (Å²) in [5.41, 5.74) is 2.46. The zero-order valence-electron chi connectivity index (χ0n) is 19.0. The van der Waals surface area contributed by atoms with Gasteiger partial charge in [0.05, 0.1) is 5.75 Å². The van der Waals surface area contributed by atoms with Crippen molar-refractivity contribution in [2.24, 2.45) is 0 Å². The first-order valence-corrected chi connectivity index (χ1v) is 12.5. The minimum absolute atomic E-state index is 0.134. The molecule has 2 amide bonds. The van der Waals surface area contributed by atoms with E-state index in [9.17, 15) is 14.0 Å². The molecule has 0 fully saturated rings. The van der Waals surface area contributed by atoms with E-state index in [0.717, 1.165) is 24.0 Å². The highest BCUT2D eigenvalue weighted by atomic mass is 35.5. The van der Waals surface area contributed by atoms with Gasteiger partial charge in [0.25, 0.3) is 0 Å². The number of nitrogens with zero attached hydrogens (tertiary/aromatic N) is 1. The van der Waals surface area contributed by atoms with Crippen LogP contribution in [0.1, 0.15) is 49.8 Å². The van der Waals surface area contributed by atoms with Gasteiger partial charge in [0.15, 0.2) is 0 Å². The van der Waals surface area contributed by atoms with Crippen molar-refractivity contribution in [3.8, 4) is 0 Å². The van der Waals surface area contributed by atoms with Crippen molar-refractivity contribution in [1.29, 1.82) is 0 Å². The Morgan fingerprint density at radius 3 is 2.56 bits per heavy atom. The molecule has 0 aliphatic carbocycles. The Kier molecular flexibility index (Phi) is 11.0. The molecule has 2 aromatic rings. The van der Waals surface area contributed by atoms with E-state index in [1.165, 1.54) is 17.8 Å². The molecular weight excluding hydrogens is 447 g/mol. The molecule has 0 spiro atoms. The lowest BCUT2D eigenvalue weighted by Crippen LogP contribution is -2.49. The van der Waals surface area contributed by atoms with Gasteiger partial charge in [0.2, 0.25) is 11.8 Å². The fraction of sp³-hybridized carbons (Fsp3) is 0.440.